The number of hydrogen-bond donors (Lipinski definition) is 1. The lowest BCUT2D eigenvalue weighted by atomic mass is 9.67. The second-order valence-corrected chi connectivity index (χ2v) is 9.46. The third-order valence-electron chi connectivity index (χ3n) is 7.26. The van der Waals surface area contributed by atoms with Crippen molar-refractivity contribution in [2.24, 2.45) is 17.3 Å². The Hall–Kier alpha value is -2.54. The average Bonchev–Trinajstić information content (AvgIpc) is 3.00. The summed E-state index contributed by atoms with van der Waals surface area (Å²) in [4.78, 5) is 26.4. The molecule has 0 amide bonds. The molecule has 7 heteroatoms. The first kappa shape index (κ1) is 24.1. The number of carbonyl (C=O) groups excluding carboxylic acids is 2. The fourth-order valence-electron chi connectivity index (χ4n) is 5.38. The molecule has 7 nitrogen and oxygen atoms in total. The van der Waals surface area contributed by atoms with Crippen LogP contribution in [0.1, 0.15) is 57.3 Å². The second-order valence-electron chi connectivity index (χ2n) is 9.46. The van der Waals surface area contributed by atoms with Crippen molar-refractivity contribution in [1.29, 1.82) is 0 Å². The van der Waals surface area contributed by atoms with E-state index in [0.717, 1.165) is 5.57 Å². The molecule has 0 saturated heterocycles. The van der Waals surface area contributed by atoms with Crippen LogP contribution in [0.15, 0.2) is 23.8 Å². The lowest BCUT2D eigenvalue weighted by molar-refractivity contribution is -0.140. The summed E-state index contributed by atoms with van der Waals surface area (Å²) in [5.41, 5.74) is -0.830. The smallest absolute Gasteiger partial charge is 0.338 e. The Balaban J connectivity index is 2.02. The Bertz CT molecular complexity index is 909. The van der Waals surface area contributed by atoms with E-state index < -0.39 is 29.0 Å². The van der Waals surface area contributed by atoms with Crippen LogP contribution in [-0.2, 0) is 9.53 Å². The van der Waals surface area contributed by atoms with E-state index in [1.807, 2.05) is 27.7 Å². The van der Waals surface area contributed by atoms with Crippen molar-refractivity contribution in [2.75, 3.05) is 21.3 Å². The molecule has 2 aliphatic rings. The average molecular weight is 447 g/mol. The van der Waals surface area contributed by atoms with Crippen molar-refractivity contribution < 1.29 is 33.6 Å². The molecule has 3 rings (SSSR count). The van der Waals surface area contributed by atoms with Crippen LogP contribution in [0.5, 0.6) is 17.2 Å². The summed E-state index contributed by atoms with van der Waals surface area (Å²) in [6.45, 7) is 7.63. The molecule has 176 valence electrons. The van der Waals surface area contributed by atoms with E-state index in [1.165, 1.54) is 33.5 Å². The molecular formula is C25H34O7. The molecule has 0 aromatic heterocycles. The van der Waals surface area contributed by atoms with E-state index in [1.54, 1.807) is 6.08 Å². The first-order valence-electron chi connectivity index (χ1n) is 11.0. The maximum absolute atomic E-state index is 13.3. The number of aliphatic hydroxyl groups is 1. The first-order valence-corrected chi connectivity index (χ1v) is 11.0. The van der Waals surface area contributed by atoms with Gasteiger partial charge in [0.25, 0.3) is 0 Å². The highest BCUT2D eigenvalue weighted by Crippen LogP contribution is 2.57. The van der Waals surface area contributed by atoms with Crippen molar-refractivity contribution in [3.8, 4) is 17.2 Å². The quantitative estimate of drug-likeness (QED) is 0.661. The minimum atomic E-state index is -1.11. The van der Waals surface area contributed by atoms with Crippen LogP contribution in [0.3, 0.4) is 0 Å². The molecule has 1 fully saturated rings. The number of allylic oxidation sites excluding steroid dienone is 1. The highest BCUT2D eigenvalue weighted by Gasteiger charge is 2.62. The van der Waals surface area contributed by atoms with Crippen molar-refractivity contribution >= 4 is 11.8 Å². The Morgan fingerprint density at radius 1 is 1.09 bits per heavy atom. The van der Waals surface area contributed by atoms with Crippen molar-refractivity contribution in [3.05, 3.63) is 29.3 Å². The van der Waals surface area contributed by atoms with Crippen LogP contribution in [-0.4, -0.2) is 49.9 Å². The Morgan fingerprint density at radius 2 is 1.69 bits per heavy atom. The highest BCUT2D eigenvalue weighted by atomic mass is 16.5. The second kappa shape index (κ2) is 8.77. The van der Waals surface area contributed by atoms with Crippen LogP contribution in [0.2, 0.25) is 0 Å². The number of benzene rings is 1. The summed E-state index contributed by atoms with van der Waals surface area (Å²) in [7, 11) is 4.44. The van der Waals surface area contributed by atoms with Gasteiger partial charge in [0, 0.05) is 17.8 Å². The molecule has 0 spiro atoms. The van der Waals surface area contributed by atoms with E-state index in [0.29, 0.717) is 36.5 Å². The molecule has 0 radical (unpaired) electrons. The number of esters is 1. The summed E-state index contributed by atoms with van der Waals surface area (Å²) < 4.78 is 22.1. The molecule has 1 aromatic rings. The Kier molecular flexibility index (Phi) is 6.61. The van der Waals surface area contributed by atoms with Gasteiger partial charge in [-0.25, -0.2) is 4.79 Å². The monoisotopic (exact) mass is 446 g/mol. The standard InChI is InChI=1S/C25H34O7/c1-14(2)25(28)9-8-24(4)20(26)11-15(3)10-19(22(24)25)32-23(27)16-12-17(29-5)21(31-7)18(13-16)30-6/h11-14,19,22,28H,8-10H2,1-7H3/t19-,22+,24+,25+/m1/s1. The van der Waals surface area contributed by atoms with E-state index in [2.05, 4.69) is 0 Å². The van der Waals surface area contributed by atoms with Crippen molar-refractivity contribution in [2.45, 2.75) is 58.7 Å². The van der Waals surface area contributed by atoms with Gasteiger partial charge in [-0.1, -0.05) is 26.3 Å². The third kappa shape index (κ3) is 3.87. The first-order chi connectivity index (χ1) is 15.0. The van der Waals surface area contributed by atoms with Crippen molar-refractivity contribution in [1.82, 2.24) is 0 Å². The maximum atomic E-state index is 13.3. The maximum Gasteiger partial charge on any atom is 0.338 e. The highest BCUT2D eigenvalue weighted by molar-refractivity contribution is 5.96. The number of hydrogen-bond acceptors (Lipinski definition) is 7. The molecule has 1 saturated carbocycles. The number of rotatable bonds is 6. The van der Waals surface area contributed by atoms with Crippen LogP contribution in [0.4, 0.5) is 0 Å². The zero-order valence-corrected chi connectivity index (χ0v) is 20.0. The predicted molar refractivity (Wildman–Crippen MR) is 119 cm³/mol. The van der Waals surface area contributed by atoms with Crippen LogP contribution >= 0.6 is 0 Å². The Morgan fingerprint density at radius 3 is 2.19 bits per heavy atom. The van der Waals surface area contributed by atoms with Gasteiger partial charge in [0.2, 0.25) is 5.75 Å². The number of fused-ring (bicyclic) bond motifs is 1. The topological polar surface area (TPSA) is 91.3 Å². The van der Waals surface area contributed by atoms with Gasteiger partial charge in [-0.3, -0.25) is 4.79 Å². The van der Waals surface area contributed by atoms with Gasteiger partial charge in [-0.15, -0.1) is 0 Å². The zero-order chi connectivity index (χ0) is 23.8. The molecule has 1 aromatic carbocycles. The fraction of sp³-hybridized carbons (Fsp3) is 0.600. The van der Waals surface area contributed by atoms with Gasteiger partial charge in [-0.2, -0.15) is 0 Å². The molecule has 0 unspecified atom stereocenters. The molecule has 4 atom stereocenters. The zero-order valence-electron chi connectivity index (χ0n) is 20.0. The molecule has 2 aliphatic carbocycles. The minimum Gasteiger partial charge on any atom is -0.493 e. The lowest BCUT2D eigenvalue weighted by Gasteiger charge is -2.42. The summed E-state index contributed by atoms with van der Waals surface area (Å²) in [5, 5.41) is 11.6. The minimum absolute atomic E-state index is 0.0112. The van der Waals surface area contributed by atoms with Gasteiger partial charge < -0.3 is 24.1 Å². The van der Waals surface area contributed by atoms with E-state index >= 15 is 0 Å². The largest absolute Gasteiger partial charge is 0.493 e. The van der Waals surface area contributed by atoms with E-state index in [-0.39, 0.29) is 17.3 Å². The number of ketones is 1. The summed E-state index contributed by atoms with van der Waals surface area (Å²) in [6, 6.07) is 3.08. The normalized spacial score (nSPS) is 29.8. The Labute approximate surface area is 189 Å². The van der Waals surface area contributed by atoms with Crippen LogP contribution in [0, 0.1) is 17.3 Å². The van der Waals surface area contributed by atoms with Gasteiger partial charge in [0.15, 0.2) is 17.3 Å². The van der Waals surface area contributed by atoms with E-state index in [4.69, 9.17) is 18.9 Å². The third-order valence-corrected chi connectivity index (χ3v) is 7.26. The number of methoxy groups -OCH3 is 3. The molecule has 0 aliphatic heterocycles. The van der Waals surface area contributed by atoms with Gasteiger partial charge in [-0.05, 0) is 43.9 Å². The van der Waals surface area contributed by atoms with E-state index in [9.17, 15) is 14.7 Å². The summed E-state index contributed by atoms with van der Waals surface area (Å²) in [5.74, 6) is -0.127. The van der Waals surface area contributed by atoms with Crippen LogP contribution in [0.25, 0.3) is 0 Å². The number of ether oxygens (including phenoxy) is 4. The lowest BCUT2D eigenvalue weighted by Crippen LogP contribution is -2.51. The molecular weight excluding hydrogens is 412 g/mol. The van der Waals surface area contributed by atoms with Gasteiger partial charge in [0.1, 0.15) is 6.10 Å². The molecule has 1 N–H and O–H groups in total. The predicted octanol–water partition coefficient (Wildman–Crippen LogP) is 3.96. The van der Waals surface area contributed by atoms with Crippen LogP contribution < -0.4 is 14.2 Å². The van der Waals surface area contributed by atoms with Gasteiger partial charge in [0.05, 0.1) is 32.5 Å². The summed E-state index contributed by atoms with van der Waals surface area (Å²) in [6.07, 6.45) is 2.42. The summed E-state index contributed by atoms with van der Waals surface area (Å²) >= 11 is 0. The van der Waals surface area contributed by atoms with Crippen molar-refractivity contribution in [3.63, 3.8) is 0 Å². The molecule has 0 heterocycles. The SMILES string of the molecule is COc1cc(C(=O)O[C@@H]2CC(C)=CC(=O)[C@]3(C)CC[C@](O)(C(C)C)[C@@H]23)cc(OC)c1OC. The fourth-order valence-corrected chi connectivity index (χ4v) is 5.38. The molecule has 32 heavy (non-hydrogen) atoms. The number of carbonyl (C=O) groups is 2. The molecule has 0 bridgehead atoms. The van der Waals surface area contributed by atoms with Gasteiger partial charge >= 0.3 is 5.97 Å².